The van der Waals surface area contributed by atoms with Crippen LogP contribution in [0.3, 0.4) is 0 Å². The van der Waals surface area contributed by atoms with E-state index < -0.39 is 0 Å². The molecule has 1 amide bonds. The van der Waals surface area contributed by atoms with Gasteiger partial charge in [0, 0.05) is 57.3 Å². The number of anilines is 2. The molecule has 5 nitrogen and oxygen atoms in total. The van der Waals surface area contributed by atoms with Crippen LogP contribution in [-0.2, 0) is 0 Å². The number of rotatable bonds is 6. The number of hydrogen-bond donors (Lipinski definition) is 0. The molecule has 0 bridgehead atoms. The number of amides is 1. The van der Waals surface area contributed by atoms with Crippen LogP contribution in [0.1, 0.15) is 35.8 Å². The van der Waals surface area contributed by atoms with Crippen molar-refractivity contribution < 1.29 is 4.79 Å². The number of carbonyl (C=O) groups is 1. The molecule has 0 radical (unpaired) electrons. The number of aryl methyl sites for hydroxylation is 1. The monoisotopic (exact) mass is 366 g/mol. The second-order valence-corrected chi connectivity index (χ2v) is 7.29. The summed E-state index contributed by atoms with van der Waals surface area (Å²) in [5, 5.41) is 0. The van der Waals surface area contributed by atoms with Crippen LogP contribution in [0, 0.1) is 6.92 Å². The first-order chi connectivity index (χ1) is 13.1. The lowest BCUT2D eigenvalue weighted by Crippen LogP contribution is -2.49. The first kappa shape index (κ1) is 19.2. The zero-order valence-corrected chi connectivity index (χ0v) is 16.7. The highest BCUT2D eigenvalue weighted by atomic mass is 16.2. The van der Waals surface area contributed by atoms with Crippen molar-refractivity contribution in [2.45, 2.75) is 26.7 Å². The molecule has 5 heteroatoms. The summed E-state index contributed by atoms with van der Waals surface area (Å²) >= 11 is 0. The molecule has 2 heterocycles. The molecule has 0 atom stereocenters. The van der Waals surface area contributed by atoms with Gasteiger partial charge in [0.1, 0.15) is 5.69 Å². The molecule has 1 aliphatic heterocycles. The normalized spacial score (nSPS) is 14.3. The lowest BCUT2D eigenvalue weighted by Gasteiger charge is -2.36. The average Bonchev–Trinajstić information content (AvgIpc) is 2.71. The third kappa shape index (κ3) is 4.79. The maximum absolute atomic E-state index is 12.9. The number of nitrogens with zero attached hydrogens (tertiary/aromatic N) is 4. The minimum Gasteiger partial charge on any atom is -0.374 e. The van der Waals surface area contributed by atoms with E-state index in [0.717, 1.165) is 51.3 Å². The molecule has 1 fully saturated rings. The minimum absolute atomic E-state index is 0.0321. The van der Waals surface area contributed by atoms with Gasteiger partial charge in [-0.05, 0) is 43.2 Å². The Morgan fingerprint density at radius 3 is 2.63 bits per heavy atom. The molecule has 3 rings (SSSR count). The van der Waals surface area contributed by atoms with Gasteiger partial charge in [0.05, 0.1) is 0 Å². The van der Waals surface area contributed by atoms with Crippen molar-refractivity contribution in [1.29, 1.82) is 0 Å². The average molecular weight is 367 g/mol. The Balaban J connectivity index is 1.62. The molecular formula is C22H30N4O. The number of benzene rings is 1. The third-order valence-electron chi connectivity index (χ3n) is 5.18. The molecule has 2 aromatic rings. The number of pyridine rings is 1. The van der Waals surface area contributed by atoms with Crippen molar-refractivity contribution in [3.8, 4) is 0 Å². The lowest BCUT2D eigenvalue weighted by atomic mass is 10.2. The van der Waals surface area contributed by atoms with Crippen molar-refractivity contribution in [3.05, 3.63) is 53.9 Å². The molecule has 1 aromatic heterocycles. The number of hydrogen-bond acceptors (Lipinski definition) is 4. The van der Waals surface area contributed by atoms with Crippen LogP contribution in [0.25, 0.3) is 0 Å². The van der Waals surface area contributed by atoms with Crippen molar-refractivity contribution in [2.24, 2.45) is 0 Å². The maximum atomic E-state index is 12.9. The second-order valence-electron chi connectivity index (χ2n) is 7.29. The van der Waals surface area contributed by atoms with Crippen LogP contribution < -0.4 is 9.80 Å². The fourth-order valence-corrected chi connectivity index (χ4v) is 3.45. The van der Waals surface area contributed by atoms with Crippen LogP contribution in [-0.4, -0.2) is 55.6 Å². The van der Waals surface area contributed by atoms with E-state index in [2.05, 4.69) is 59.9 Å². The van der Waals surface area contributed by atoms with Gasteiger partial charge in [0.25, 0.3) is 5.91 Å². The summed E-state index contributed by atoms with van der Waals surface area (Å²) in [5.74, 6) is 0.0321. The molecule has 0 spiro atoms. The molecule has 144 valence electrons. The maximum Gasteiger partial charge on any atom is 0.272 e. The van der Waals surface area contributed by atoms with Crippen molar-refractivity contribution in [1.82, 2.24) is 9.88 Å². The summed E-state index contributed by atoms with van der Waals surface area (Å²) in [6.45, 7) is 8.44. The summed E-state index contributed by atoms with van der Waals surface area (Å²) in [6, 6.07) is 12.4. The van der Waals surface area contributed by atoms with Gasteiger partial charge < -0.3 is 14.7 Å². The summed E-state index contributed by atoms with van der Waals surface area (Å²) in [5.41, 5.74) is 4.10. The van der Waals surface area contributed by atoms with Gasteiger partial charge in [-0.1, -0.05) is 25.5 Å². The molecule has 0 N–H and O–H groups in total. The zero-order chi connectivity index (χ0) is 19.2. The van der Waals surface area contributed by atoms with Crippen LogP contribution >= 0.6 is 0 Å². The summed E-state index contributed by atoms with van der Waals surface area (Å²) in [6.07, 6.45) is 4.05. The van der Waals surface area contributed by atoms with E-state index in [4.69, 9.17) is 0 Å². The summed E-state index contributed by atoms with van der Waals surface area (Å²) < 4.78 is 0. The zero-order valence-electron chi connectivity index (χ0n) is 16.7. The number of unbranched alkanes of at least 4 members (excludes halogenated alkanes) is 1. The standard InChI is InChI=1S/C22H30N4O/c1-4-5-11-24(3)19-9-10-23-21(17-19)22(27)26-14-12-25(13-15-26)20-8-6-7-18(2)16-20/h6-10,16-17H,4-5,11-15H2,1-3H3. The Morgan fingerprint density at radius 1 is 1.15 bits per heavy atom. The van der Waals surface area contributed by atoms with Gasteiger partial charge in [-0.3, -0.25) is 9.78 Å². The van der Waals surface area contributed by atoms with Gasteiger partial charge in [0.15, 0.2) is 0 Å². The molecule has 0 saturated carbocycles. The highest BCUT2D eigenvalue weighted by Gasteiger charge is 2.23. The predicted molar refractivity (Wildman–Crippen MR) is 112 cm³/mol. The van der Waals surface area contributed by atoms with E-state index in [1.807, 2.05) is 17.0 Å². The van der Waals surface area contributed by atoms with Crippen LogP contribution in [0.5, 0.6) is 0 Å². The van der Waals surface area contributed by atoms with Gasteiger partial charge in [-0.15, -0.1) is 0 Å². The molecule has 1 aromatic carbocycles. The van der Waals surface area contributed by atoms with Crippen LogP contribution in [0.4, 0.5) is 11.4 Å². The van der Waals surface area contributed by atoms with Gasteiger partial charge in [-0.25, -0.2) is 0 Å². The van der Waals surface area contributed by atoms with E-state index in [1.54, 1.807) is 6.20 Å². The third-order valence-corrected chi connectivity index (χ3v) is 5.18. The first-order valence-corrected chi connectivity index (χ1v) is 9.86. The van der Waals surface area contributed by atoms with Crippen molar-refractivity contribution in [3.63, 3.8) is 0 Å². The molecule has 1 aliphatic rings. The Morgan fingerprint density at radius 2 is 1.93 bits per heavy atom. The number of aromatic nitrogens is 1. The SMILES string of the molecule is CCCCN(C)c1ccnc(C(=O)N2CCN(c3cccc(C)c3)CC2)c1. The highest BCUT2D eigenvalue weighted by Crippen LogP contribution is 2.19. The van der Waals surface area contributed by atoms with E-state index in [0.29, 0.717) is 5.69 Å². The van der Waals surface area contributed by atoms with Crippen molar-refractivity contribution in [2.75, 3.05) is 49.6 Å². The fourth-order valence-electron chi connectivity index (χ4n) is 3.45. The Labute approximate surface area is 162 Å². The number of carbonyl (C=O) groups excluding carboxylic acids is 1. The Hall–Kier alpha value is -2.56. The topological polar surface area (TPSA) is 39.7 Å². The molecule has 27 heavy (non-hydrogen) atoms. The van der Waals surface area contributed by atoms with E-state index in [9.17, 15) is 4.79 Å². The Kier molecular flexibility index (Phi) is 6.32. The molecule has 0 aliphatic carbocycles. The van der Waals surface area contributed by atoms with Crippen molar-refractivity contribution >= 4 is 17.3 Å². The van der Waals surface area contributed by atoms with E-state index in [-0.39, 0.29) is 5.91 Å². The van der Waals surface area contributed by atoms with E-state index >= 15 is 0 Å². The molecular weight excluding hydrogens is 336 g/mol. The van der Waals surface area contributed by atoms with Crippen LogP contribution in [0.2, 0.25) is 0 Å². The van der Waals surface area contributed by atoms with Gasteiger partial charge >= 0.3 is 0 Å². The summed E-state index contributed by atoms with van der Waals surface area (Å²) in [7, 11) is 2.07. The largest absolute Gasteiger partial charge is 0.374 e. The fraction of sp³-hybridized carbons (Fsp3) is 0.455. The first-order valence-electron chi connectivity index (χ1n) is 9.86. The number of piperazine rings is 1. The highest BCUT2D eigenvalue weighted by molar-refractivity contribution is 5.93. The lowest BCUT2D eigenvalue weighted by molar-refractivity contribution is 0.0741. The predicted octanol–water partition coefficient (Wildman–Crippen LogP) is 3.59. The quantitative estimate of drug-likeness (QED) is 0.783. The molecule has 1 saturated heterocycles. The van der Waals surface area contributed by atoms with Gasteiger partial charge in [-0.2, -0.15) is 0 Å². The second kappa shape index (κ2) is 8.89. The molecule has 0 unspecified atom stereocenters. The van der Waals surface area contributed by atoms with E-state index in [1.165, 1.54) is 11.3 Å². The van der Waals surface area contributed by atoms with Crippen LogP contribution in [0.15, 0.2) is 42.6 Å². The Bertz CT molecular complexity index is 768. The summed E-state index contributed by atoms with van der Waals surface area (Å²) in [4.78, 5) is 23.7. The smallest absolute Gasteiger partial charge is 0.272 e. The van der Waals surface area contributed by atoms with Gasteiger partial charge in [0.2, 0.25) is 0 Å². The minimum atomic E-state index is 0.0321.